The van der Waals surface area contributed by atoms with E-state index < -0.39 is 10.0 Å². The van der Waals surface area contributed by atoms with E-state index in [1.165, 1.54) is 0 Å². The summed E-state index contributed by atoms with van der Waals surface area (Å²) in [6.45, 7) is 6.73. The summed E-state index contributed by atoms with van der Waals surface area (Å²) in [5.74, 6) is -0.324. The number of amides is 2. The molecule has 2 aromatic carbocycles. The highest BCUT2D eigenvalue weighted by Crippen LogP contribution is 2.36. The zero-order valence-electron chi connectivity index (χ0n) is 19.1. The summed E-state index contributed by atoms with van der Waals surface area (Å²) in [4.78, 5) is 27.1. The average Bonchev–Trinajstić information content (AvgIpc) is 3.18. The van der Waals surface area contributed by atoms with Crippen LogP contribution >= 0.6 is 0 Å². The van der Waals surface area contributed by atoms with Crippen molar-refractivity contribution in [1.82, 2.24) is 10.0 Å². The van der Waals surface area contributed by atoms with Crippen molar-refractivity contribution in [3.8, 4) is 0 Å². The molecule has 4 rings (SSSR count). The molecule has 0 radical (unpaired) electrons. The molecule has 2 amide bonds. The lowest BCUT2D eigenvalue weighted by atomic mass is 9.87. The van der Waals surface area contributed by atoms with Gasteiger partial charge in [-0.3, -0.25) is 9.59 Å². The molecule has 176 valence electrons. The Morgan fingerprint density at radius 3 is 2.52 bits per heavy atom. The number of benzene rings is 2. The maximum Gasteiger partial charge on any atom is 0.247 e. The second-order valence-corrected chi connectivity index (χ2v) is 11.4. The topological polar surface area (TPSA) is 108 Å². The SMILES string of the molecule is CC(C)(C)c1ccc(S(=O)(=O)NCCC(=O)NC2CC3C(=O)Nc4ccccc4N3C2)cc1. The summed E-state index contributed by atoms with van der Waals surface area (Å²) < 4.78 is 27.6. The Hall–Kier alpha value is -2.91. The van der Waals surface area contributed by atoms with E-state index in [1.54, 1.807) is 12.1 Å². The van der Waals surface area contributed by atoms with Gasteiger partial charge in [-0.25, -0.2) is 13.1 Å². The fourth-order valence-electron chi connectivity index (χ4n) is 4.32. The summed E-state index contributed by atoms with van der Waals surface area (Å²) >= 11 is 0. The Morgan fingerprint density at radius 1 is 1.12 bits per heavy atom. The van der Waals surface area contributed by atoms with Gasteiger partial charge in [0.05, 0.1) is 16.3 Å². The van der Waals surface area contributed by atoms with E-state index in [1.807, 2.05) is 41.3 Å². The van der Waals surface area contributed by atoms with Crippen LogP contribution < -0.4 is 20.3 Å². The lowest BCUT2D eigenvalue weighted by Gasteiger charge is -2.32. The fourth-order valence-corrected chi connectivity index (χ4v) is 5.35. The zero-order valence-corrected chi connectivity index (χ0v) is 19.9. The van der Waals surface area contributed by atoms with Gasteiger partial charge in [-0.1, -0.05) is 45.0 Å². The van der Waals surface area contributed by atoms with Gasteiger partial charge >= 0.3 is 0 Å². The first kappa shape index (κ1) is 23.3. The van der Waals surface area contributed by atoms with Crippen molar-refractivity contribution in [2.75, 3.05) is 23.3 Å². The molecule has 1 saturated heterocycles. The van der Waals surface area contributed by atoms with Gasteiger partial charge in [-0.15, -0.1) is 0 Å². The third-order valence-electron chi connectivity index (χ3n) is 6.11. The lowest BCUT2D eigenvalue weighted by Crippen LogP contribution is -2.44. The zero-order chi connectivity index (χ0) is 23.8. The van der Waals surface area contributed by atoms with Crippen molar-refractivity contribution in [2.24, 2.45) is 0 Å². The second-order valence-electron chi connectivity index (χ2n) is 9.60. The predicted molar refractivity (Wildman–Crippen MR) is 128 cm³/mol. The number of hydrogen-bond acceptors (Lipinski definition) is 5. The lowest BCUT2D eigenvalue weighted by molar-refractivity contribution is -0.122. The summed E-state index contributed by atoms with van der Waals surface area (Å²) in [5, 5.41) is 5.85. The summed E-state index contributed by atoms with van der Waals surface area (Å²) in [6, 6.07) is 13.9. The summed E-state index contributed by atoms with van der Waals surface area (Å²) in [5.41, 5.74) is 2.70. The maximum atomic E-state index is 12.5. The molecule has 0 saturated carbocycles. The van der Waals surface area contributed by atoms with Crippen LogP contribution in [0.1, 0.15) is 39.2 Å². The second kappa shape index (κ2) is 8.79. The van der Waals surface area contributed by atoms with Gasteiger partial charge in [0.1, 0.15) is 6.04 Å². The van der Waals surface area contributed by atoms with E-state index in [0.717, 1.165) is 16.9 Å². The van der Waals surface area contributed by atoms with E-state index in [9.17, 15) is 18.0 Å². The molecule has 2 aliphatic heterocycles. The number of hydrogen-bond donors (Lipinski definition) is 3. The third kappa shape index (κ3) is 5.04. The molecule has 0 aromatic heterocycles. The minimum absolute atomic E-state index is 0.00162. The highest BCUT2D eigenvalue weighted by molar-refractivity contribution is 7.89. The first-order valence-electron chi connectivity index (χ1n) is 11.1. The molecule has 2 unspecified atom stereocenters. The number of sulfonamides is 1. The summed E-state index contributed by atoms with van der Waals surface area (Å²) in [6.07, 6.45) is 0.529. The predicted octanol–water partition coefficient (Wildman–Crippen LogP) is 2.37. The first-order chi connectivity index (χ1) is 15.5. The molecule has 1 fully saturated rings. The van der Waals surface area contributed by atoms with Gasteiger partial charge in [0.2, 0.25) is 21.8 Å². The molecular weight excluding hydrogens is 440 g/mol. The number of nitrogens with zero attached hydrogens (tertiary/aromatic N) is 1. The van der Waals surface area contributed by atoms with Crippen molar-refractivity contribution in [1.29, 1.82) is 0 Å². The van der Waals surface area contributed by atoms with Gasteiger partial charge in [0, 0.05) is 25.6 Å². The molecule has 9 heteroatoms. The quantitative estimate of drug-likeness (QED) is 0.601. The molecule has 2 atom stereocenters. The highest BCUT2D eigenvalue weighted by Gasteiger charge is 2.41. The monoisotopic (exact) mass is 470 g/mol. The largest absolute Gasteiger partial charge is 0.356 e. The number of para-hydroxylation sites is 2. The van der Waals surface area contributed by atoms with Gasteiger partial charge in [0.15, 0.2) is 0 Å². The Kier molecular flexibility index (Phi) is 6.20. The van der Waals surface area contributed by atoms with Gasteiger partial charge < -0.3 is 15.5 Å². The normalized spacial score (nSPS) is 20.1. The van der Waals surface area contributed by atoms with Crippen LogP contribution in [-0.2, 0) is 25.0 Å². The van der Waals surface area contributed by atoms with Gasteiger partial charge in [-0.05, 0) is 41.7 Å². The molecule has 2 aromatic rings. The number of nitrogens with one attached hydrogen (secondary N) is 3. The van der Waals surface area contributed by atoms with Crippen LogP contribution in [0.2, 0.25) is 0 Å². The highest BCUT2D eigenvalue weighted by atomic mass is 32.2. The van der Waals surface area contributed by atoms with E-state index in [4.69, 9.17) is 0 Å². The van der Waals surface area contributed by atoms with Crippen LogP contribution in [0.3, 0.4) is 0 Å². The Labute approximate surface area is 194 Å². The van der Waals surface area contributed by atoms with Crippen molar-refractivity contribution in [3.63, 3.8) is 0 Å². The standard InChI is InChI=1S/C24H30N4O4S/c1-24(2,3)16-8-10-18(11-9-16)33(31,32)25-13-12-22(29)26-17-14-21-23(30)27-19-6-4-5-7-20(19)28(21)15-17/h4-11,17,21,25H,12-15H2,1-3H3,(H,26,29)(H,27,30). The van der Waals surface area contributed by atoms with Crippen molar-refractivity contribution >= 4 is 33.2 Å². The Morgan fingerprint density at radius 2 is 1.82 bits per heavy atom. The van der Waals surface area contributed by atoms with Crippen LogP contribution in [0.4, 0.5) is 11.4 Å². The van der Waals surface area contributed by atoms with Crippen LogP contribution in [0, 0.1) is 0 Å². The van der Waals surface area contributed by atoms with Crippen molar-refractivity contribution < 1.29 is 18.0 Å². The van der Waals surface area contributed by atoms with Crippen LogP contribution in [0.15, 0.2) is 53.4 Å². The maximum absolute atomic E-state index is 12.5. The third-order valence-corrected chi connectivity index (χ3v) is 7.59. The Bertz CT molecular complexity index is 1160. The fraction of sp³-hybridized carbons (Fsp3) is 0.417. The summed E-state index contributed by atoms with van der Waals surface area (Å²) in [7, 11) is -3.69. The molecule has 3 N–H and O–H groups in total. The number of rotatable bonds is 6. The van der Waals surface area contributed by atoms with Crippen LogP contribution in [-0.4, -0.2) is 45.4 Å². The van der Waals surface area contributed by atoms with E-state index >= 15 is 0 Å². The minimum Gasteiger partial charge on any atom is -0.356 e. The number of anilines is 2. The minimum atomic E-state index is -3.69. The van der Waals surface area contributed by atoms with Gasteiger partial charge in [0.25, 0.3) is 0 Å². The smallest absolute Gasteiger partial charge is 0.247 e. The number of carbonyl (C=O) groups is 2. The average molecular weight is 471 g/mol. The van der Waals surface area contributed by atoms with Crippen LogP contribution in [0.25, 0.3) is 0 Å². The molecule has 0 spiro atoms. The number of carbonyl (C=O) groups excluding carboxylic acids is 2. The molecule has 0 aliphatic carbocycles. The van der Waals surface area contributed by atoms with Gasteiger partial charge in [-0.2, -0.15) is 0 Å². The number of fused-ring (bicyclic) bond motifs is 3. The van der Waals surface area contributed by atoms with Crippen molar-refractivity contribution in [3.05, 3.63) is 54.1 Å². The Balaban J connectivity index is 1.29. The van der Waals surface area contributed by atoms with E-state index in [-0.39, 0.29) is 47.2 Å². The molecule has 2 heterocycles. The molecule has 2 aliphatic rings. The molecule has 33 heavy (non-hydrogen) atoms. The van der Waals surface area contributed by atoms with Crippen molar-refractivity contribution in [2.45, 2.75) is 56.0 Å². The van der Waals surface area contributed by atoms with E-state index in [2.05, 4.69) is 36.1 Å². The molecule has 0 bridgehead atoms. The van der Waals surface area contributed by atoms with E-state index in [0.29, 0.717) is 13.0 Å². The molecular formula is C24H30N4O4S. The molecule has 8 nitrogen and oxygen atoms in total. The first-order valence-corrected chi connectivity index (χ1v) is 12.6. The van der Waals surface area contributed by atoms with Crippen LogP contribution in [0.5, 0.6) is 0 Å².